The summed E-state index contributed by atoms with van der Waals surface area (Å²) in [6.45, 7) is 1.88. The normalized spacial score (nSPS) is 12.4. The van der Waals surface area contributed by atoms with Gasteiger partial charge >= 0.3 is 5.97 Å². The second-order valence-electron chi connectivity index (χ2n) is 3.18. The Morgan fingerprint density at radius 3 is 2.87 bits per heavy atom. The highest BCUT2D eigenvalue weighted by Crippen LogP contribution is 2.22. The first-order valence-electron chi connectivity index (χ1n) is 4.72. The fraction of sp³-hybridized carbons (Fsp3) is 0.364. The van der Waals surface area contributed by atoms with Gasteiger partial charge < -0.3 is 5.11 Å². The maximum atomic E-state index is 10.8. The smallest absolute Gasteiger partial charge is 0.316 e. The molecule has 0 spiro atoms. The predicted octanol–water partition coefficient (Wildman–Crippen LogP) is 3.44. The summed E-state index contributed by atoms with van der Waals surface area (Å²) in [6.07, 6.45) is 0.639. The van der Waals surface area contributed by atoms with Crippen LogP contribution in [0, 0.1) is 0 Å². The average Bonchev–Trinajstić information content (AvgIpc) is 2.18. The van der Waals surface area contributed by atoms with Gasteiger partial charge in [-0.3, -0.25) is 4.79 Å². The molecule has 82 valence electrons. The molecule has 1 rings (SSSR count). The molecule has 1 aromatic rings. The maximum Gasteiger partial charge on any atom is 0.316 e. The van der Waals surface area contributed by atoms with E-state index >= 15 is 0 Å². The molecule has 15 heavy (non-hydrogen) atoms. The third kappa shape index (κ3) is 4.14. The number of thioether (sulfide) groups is 1. The molecule has 0 radical (unpaired) electrons. The Hall–Kier alpha value is -0.670. The van der Waals surface area contributed by atoms with Crippen LogP contribution in [0.4, 0.5) is 0 Å². The van der Waals surface area contributed by atoms with Crippen molar-refractivity contribution in [1.82, 2.24) is 0 Å². The van der Waals surface area contributed by atoms with Crippen LogP contribution >= 0.6 is 23.4 Å². The molecule has 0 aliphatic carbocycles. The number of halogens is 1. The molecular formula is C11H13ClO2S. The fourth-order valence-electron chi connectivity index (χ4n) is 1.19. The number of benzene rings is 1. The van der Waals surface area contributed by atoms with E-state index in [9.17, 15) is 4.79 Å². The molecule has 1 N–H and O–H groups in total. The SMILES string of the molecule is CCC(SCc1cccc(Cl)c1)C(=O)O. The van der Waals surface area contributed by atoms with Crippen LogP contribution in [0.2, 0.25) is 5.02 Å². The molecule has 1 atom stereocenters. The Bertz CT molecular complexity index is 341. The number of hydrogen-bond acceptors (Lipinski definition) is 2. The lowest BCUT2D eigenvalue weighted by molar-refractivity contribution is -0.136. The first-order chi connectivity index (χ1) is 7.13. The molecule has 0 heterocycles. The molecule has 0 amide bonds. The van der Waals surface area contributed by atoms with E-state index in [0.717, 1.165) is 5.56 Å². The van der Waals surface area contributed by atoms with E-state index in [1.165, 1.54) is 11.8 Å². The molecule has 4 heteroatoms. The van der Waals surface area contributed by atoms with E-state index in [0.29, 0.717) is 17.2 Å². The van der Waals surface area contributed by atoms with Crippen LogP contribution in [-0.4, -0.2) is 16.3 Å². The molecule has 0 saturated carbocycles. The number of rotatable bonds is 5. The average molecular weight is 245 g/mol. The van der Waals surface area contributed by atoms with Gasteiger partial charge in [0, 0.05) is 10.8 Å². The van der Waals surface area contributed by atoms with Gasteiger partial charge in [0.05, 0.1) is 0 Å². The highest BCUT2D eigenvalue weighted by Gasteiger charge is 2.14. The molecule has 0 saturated heterocycles. The van der Waals surface area contributed by atoms with Crippen molar-refractivity contribution in [3.8, 4) is 0 Å². The zero-order valence-corrected chi connectivity index (χ0v) is 10.0. The van der Waals surface area contributed by atoms with Gasteiger partial charge in [0.15, 0.2) is 0 Å². The molecule has 1 aromatic carbocycles. The van der Waals surface area contributed by atoms with Gasteiger partial charge in [-0.15, -0.1) is 11.8 Å². The maximum absolute atomic E-state index is 10.8. The zero-order chi connectivity index (χ0) is 11.3. The first-order valence-corrected chi connectivity index (χ1v) is 6.15. The van der Waals surface area contributed by atoms with E-state index in [2.05, 4.69) is 0 Å². The molecule has 0 fully saturated rings. The van der Waals surface area contributed by atoms with Crippen LogP contribution in [0.15, 0.2) is 24.3 Å². The Kier molecular flexibility index (Phi) is 4.99. The largest absolute Gasteiger partial charge is 0.480 e. The minimum atomic E-state index is -0.746. The van der Waals surface area contributed by atoms with Crippen molar-refractivity contribution in [1.29, 1.82) is 0 Å². The Balaban J connectivity index is 2.52. The van der Waals surface area contributed by atoms with Crippen molar-refractivity contribution in [3.63, 3.8) is 0 Å². The van der Waals surface area contributed by atoms with Gasteiger partial charge in [0.2, 0.25) is 0 Å². The summed E-state index contributed by atoms with van der Waals surface area (Å²) >= 11 is 7.26. The van der Waals surface area contributed by atoms with Gasteiger partial charge in [-0.25, -0.2) is 0 Å². The van der Waals surface area contributed by atoms with Crippen molar-refractivity contribution in [3.05, 3.63) is 34.9 Å². The third-order valence-corrected chi connectivity index (χ3v) is 3.66. The number of aliphatic carboxylic acids is 1. The lowest BCUT2D eigenvalue weighted by Crippen LogP contribution is -2.14. The van der Waals surface area contributed by atoms with Crippen LogP contribution in [0.5, 0.6) is 0 Å². The Morgan fingerprint density at radius 2 is 2.33 bits per heavy atom. The number of hydrogen-bond donors (Lipinski definition) is 1. The monoisotopic (exact) mass is 244 g/mol. The van der Waals surface area contributed by atoms with Crippen LogP contribution < -0.4 is 0 Å². The second kappa shape index (κ2) is 6.03. The molecule has 0 aliphatic rings. The summed E-state index contributed by atoms with van der Waals surface area (Å²) in [6, 6.07) is 7.50. The quantitative estimate of drug-likeness (QED) is 0.862. The lowest BCUT2D eigenvalue weighted by Gasteiger charge is -2.09. The fourth-order valence-corrected chi connectivity index (χ4v) is 2.35. The number of carboxylic acid groups (broad SMARTS) is 1. The van der Waals surface area contributed by atoms with Gasteiger partial charge in [0.1, 0.15) is 5.25 Å². The van der Waals surface area contributed by atoms with E-state index in [1.807, 2.05) is 31.2 Å². The van der Waals surface area contributed by atoms with Crippen molar-refractivity contribution < 1.29 is 9.90 Å². The van der Waals surface area contributed by atoms with E-state index < -0.39 is 5.97 Å². The van der Waals surface area contributed by atoms with E-state index in [-0.39, 0.29) is 5.25 Å². The summed E-state index contributed by atoms with van der Waals surface area (Å²) < 4.78 is 0. The molecule has 0 aromatic heterocycles. The van der Waals surface area contributed by atoms with Crippen LogP contribution in [-0.2, 0) is 10.5 Å². The number of carbonyl (C=O) groups is 1. The summed E-state index contributed by atoms with van der Waals surface area (Å²) in [4.78, 5) is 10.8. The lowest BCUT2D eigenvalue weighted by atomic mass is 10.2. The summed E-state index contributed by atoms with van der Waals surface area (Å²) in [7, 11) is 0. The highest BCUT2D eigenvalue weighted by atomic mass is 35.5. The Morgan fingerprint density at radius 1 is 1.60 bits per heavy atom. The topological polar surface area (TPSA) is 37.3 Å². The van der Waals surface area contributed by atoms with Crippen LogP contribution in [0.25, 0.3) is 0 Å². The van der Waals surface area contributed by atoms with Gasteiger partial charge in [-0.2, -0.15) is 0 Å². The molecule has 1 unspecified atom stereocenters. The Labute approximate surface area is 98.6 Å². The van der Waals surface area contributed by atoms with Crippen LogP contribution in [0.3, 0.4) is 0 Å². The van der Waals surface area contributed by atoms with Crippen molar-refractivity contribution >= 4 is 29.3 Å². The zero-order valence-electron chi connectivity index (χ0n) is 8.44. The second-order valence-corrected chi connectivity index (χ2v) is 4.80. The standard InChI is InChI=1S/C11H13ClO2S/c1-2-10(11(13)14)15-7-8-4-3-5-9(12)6-8/h3-6,10H,2,7H2,1H3,(H,13,14). The summed E-state index contributed by atoms with van der Waals surface area (Å²) in [5, 5.41) is 9.22. The highest BCUT2D eigenvalue weighted by molar-refractivity contribution is 7.99. The van der Waals surface area contributed by atoms with Crippen molar-refractivity contribution in [2.75, 3.05) is 0 Å². The van der Waals surface area contributed by atoms with Gasteiger partial charge in [-0.1, -0.05) is 30.7 Å². The minimum absolute atomic E-state index is 0.330. The number of carboxylic acids is 1. The summed E-state index contributed by atoms with van der Waals surface area (Å²) in [5.41, 5.74) is 1.06. The molecule has 0 bridgehead atoms. The first kappa shape index (κ1) is 12.4. The van der Waals surface area contributed by atoms with E-state index in [4.69, 9.17) is 16.7 Å². The van der Waals surface area contributed by atoms with Gasteiger partial charge in [-0.05, 0) is 24.1 Å². The van der Waals surface area contributed by atoms with Crippen molar-refractivity contribution in [2.24, 2.45) is 0 Å². The van der Waals surface area contributed by atoms with Crippen molar-refractivity contribution in [2.45, 2.75) is 24.3 Å². The molecule has 2 nitrogen and oxygen atoms in total. The summed E-state index contributed by atoms with van der Waals surface area (Å²) in [5.74, 6) is -0.0599. The predicted molar refractivity (Wildman–Crippen MR) is 64.5 cm³/mol. The molecule has 0 aliphatic heterocycles. The van der Waals surface area contributed by atoms with Crippen LogP contribution in [0.1, 0.15) is 18.9 Å². The van der Waals surface area contributed by atoms with E-state index in [1.54, 1.807) is 0 Å². The third-order valence-electron chi connectivity index (χ3n) is 1.99. The minimum Gasteiger partial charge on any atom is -0.480 e. The van der Waals surface area contributed by atoms with Gasteiger partial charge in [0.25, 0.3) is 0 Å². The molecular weight excluding hydrogens is 232 g/mol.